The van der Waals surface area contributed by atoms with E-state index in [1.807, 2.05) is 0 Å². The van der Waals surface area contributed by atoms with Crippen molar-refractivity contribution in [1.82, 2.24) is 4.90 Å². The zero-order chi connectivity index (χ0) is 31.2. The lowest BCUT2D eigenvalue weighted by molar-refractivity contribution is -0.288. The van der Waals surface area contributed by atoms with Gasteiger partial charge in [0.25, 0.3) is 23.6 Å². The summed E-state index contributed by atoms with van der Waals surface area (Å²) in [6.07, 6.45) is -11.6. The Kier molecular flexibility index (Phi) is 6.76. The fourth-order valence-electron chi connectivity index (χ4n) is 5.88. The molecule has 4 aromatic carbocycles. The van der Waals surface area contributed by atoms with Gasteiger partial charge in [-0.25, -0.2) is 4.90 Å². The second kappa shape index (κ2) is 9.76. The highest BCUT2D eigenvalue weighted by atomic mass is 19.4. The monoisotopic (exact) mass is 612 g/mol. The molecule has 44 heavy (non-hydrogen) atoms. The van der Waals surface area contributed by atoms with Gasteiger partial charge in [0.15, 0.2) is 0 Å². The van der Waals surface area contributed by atoms with Gasteiger partial charge < -0.3 is 0 Å². The van der Waals surface area contributed by atoms with E-state index < -0.39 is 52.5 Å². The third-order valence-corrected chi connectivity index (χ3v) is 7.99. The molecule has 0 spiro atoms. The molecular weight excluding hydrogens is 590 g/mol. The Morgan fingerprint density at radius 2 is 0.864 bits per heavy atom. The second-order valence-corrected chi connectivity index (χ2v) is 10.3. The first kappa shape index (κ1) is 30.5. The summed E-state index contributed by atoms with van der Waals surface area (Å²) in [5.74, 6) is -3.12. The number of rotatable bonds is 3. The van der Waals surface area contributed by atoms with Crippen molar-refractivity contribution >= 4 is 40.1 Å². The minimum absolute atomic E-state index is 0. The number of hydrogen-bond donors (Lipinski definition) is 0. The van der Waals surface area contributed by atoms with Crippen LogP contribution in [0.5, 0.6) is 0 Å². The number of anilines is 1. The summed E-state index contributed by atoms with van der Waals surface area (Å²) in [6, 6.07) is 12.0. The number of hydrogen-bond acceptors (Lipinski definition) is 4. The molecular formula is C32H22F6N2O4. The highest BCUT2D eigenvalue weighted by Gasteiger charge is 2.72. The Labute approximate surface area is 246 Å². The van der Waals surface area contributed by atoms with E-state index in [1.165, 1.54) is 38.2 Å². The number of imide groups is 2. The lowest BCUT2D eigenvalue weighted by Gasteiger charge is -2.38. The number of halogens is 6. The summed E-state index contributed by atoms with van der Waals surface area (Å²) in [4.78, 5) is 54.2. The number of alkyl halides is 6. The van der Waals surface area contributed by atoms with Crippen LogP contribution in [-0.2, 0) is 5.41 Å². The summed E-state index contributed by atoms with van der Waals surface area (Å²) in [7, 11) is 1.29. The quantitative estimate of drug-likeness (QED) is 0.181. The van der Waals surface area contributed by atoms with Gasteiger partial charge in [-0.2, -0.15) is 26.3 Å². The summed E-state index contributed by atoms with van der Waals surface area (Å²) in [6.45, 7) is 1.52. The molecule has 2 heterocycles. The van der Waals surface area contributed by atoms with E-state index in [1.54, 1.807) is 0 Å². The third-order valence-electron chi connectivity index (χ3n) is 7.99. The van der Waals surface area contributed by atoms with E-state index in [9.17, 15) is 45.5 Å². The number of nitrogens with zero attached hydrogens (tertiary/aromatic N) is 2. The van der Waals surface area contributed by atoms with Crippen molar-refractivity contribution in [3.05, 3.63) is 112 Å². The maximum absolute atomic E-state index is 14.5. The Bertz CT molecular complexity index is 1810. The second-order valence-electron chi connectivity index (χ2n) is 10.3. The average molecular weight is 613 g/mol. The molecule has 226 valence electrons. The van der Waals surface area contributed by atoms with Gasteiger partial charge >= 0.3 is 12.4 Å². The molecule has 6 nitrogen and oxygen atoms in total. The smallest absolute Gasteiger partial charge is 0.277 e. The molecule has 2 aliphatic heterocycles. The predicted molar refractivity (Wildman–Crippen MR) is 149 cm³/mol. The summed E-state index contributed by atoms with van der Waals surface area (Å²) in [5.41, 5.74) is -6.34. The fourth-order valence-corrected chi connectivity index (χ4v) is 5.88. The molecule has 0 aromatic heterocycles. The SMILES string of the molecule is C.Cc1ccc(C(c2ccc(N3C(=O)c4ccc5c6c(ccc(c46)C3=O)C(=O)N(C)C5=O)cc2)(C(F)(F)F)C(F)(F)F)cc1. The van der Waals surface area contributed by atoms with Gasteiger partial charge in [0.1, 0.15) is 0 Å². The molecule has 6 rings (SSSR count). The van der Waals surface area contributed by atoms with Crippen LogP contribution in [0.2, 0.25) is 0 Å². The van der Waals surface area contributed by atoms with E-state index in [4.69, 9.17) is 0 Å². The first-order valence-electron chi connectivity index (χ1n) is 12.7. The molecule has 0 fully saturated rings. The van der Waals surface area contributed by atoms with E-state index in [0.717, 1.165) is 41.3 Å². The Morgan fingerprint density at radius 1 is 0.523 bits per heavy atom. The molecule has 12 heteroatoms. The minimum atomic E-state index is -5.81. The minimum Gasteiger partial charge on any atom is -0.277 e. The number of benzene rings is 4. The van der Waals surface area contributed by atoms with Crippen molar-refractivity contribution in [2.24, 2.45) is 0 Å². The first-order valence-corrected chi connectivity index (χ1v) is 12.7. The van der Waals surface area contributed by atoms with Crippen LogP contribution in [0.3, 0.4) is 0 Å². The van der Waals surface area contributed by atoms with Crippen LogP contribution in [0.15, 0.2) is 72.8 Å². The van der Waals surface area contributed by atoms with Crippen LogP contribution in [0, 0.1) is 6.92 Å². The molecule has 0 N–H and O–H groups in total. The molecule has 2 aliphatic rings. The van der Waals surface area contributed by atoms with Gasteiger partial charge in [-0.05, 0) is 54.4 Å². The van der Waals surface area contributed by atoms with Crippen LogP contribution in [-0.4, -0.2) is 47.9 Å². The van der Waals surface area contributed by atoms with Gasteiger partial charge in [-0.15, -0.1) is 0 Å². The van der Waals surface area contributed by atoms with Gasteiger partial charge in [0, 0.05) is 40.1 Å². The van der Waals surface area contributed by atoms with Crippen LogP contribution in [0.4, 0.5) is 32.0 Å². The number of amides is 4. The highest BCUT2D eigenvalue weighted by molar-refractivity contribution is 6.39. The molecule has 0 aliphatic carbocycles. The maximum Gasteiger partial charge on any atom is 0.411 e. The number of carbonyl (C=O) groups is 4. The van der Waals surface area contributed by atoms with Gasteiger partial charge in [0.05, 0.1) is 5.69 Å². The third kappa shape index (κ3) is 3.89. The van der Waals surface area contributed by atoms with Crippen LogP contribution < -0.4 is 4.90 Å². The molecule has 0 saturated carbocycles. The largest absolute Gasteiger partial charge is 0.411 e. The molecule has 0 saturated heterocycles. The Hall–Kier alpha value is -5.00. The van der Waals surface area contributed by atoms with Crippen LogP contribution in [0.1, 0.15) is 65.5 Å². The van der Waals surface area contributed by atoms with E-state index in [-0.39, 0.29) is 46.1 Å². The summed E-state index contributed by atoms with van der Waals surface area (Å²) in [5, 5.41) is 0.193. The normalized spacial score (nSPS) is 15.2. The van der Waals surface area contributed by atoms with E-state index >= 15 is 0 Å². The van der Waals surface area contributed by atoms with Crippen molar-refractivity contribution in [3.63, 3.8) is 0 Å². The van der Waals surface area contributed by atoms with Crippen molar-refractivity contribution in [2.45, 2.75) is 32.1 Å². The zero-order valence-electron chi connectivity index (χ0n) is 22.2. The van der Waals surface area contributed by atoms with Crippen molar-refractivity contribution in [2.75, 3.05) is 11.9 Å². The van der Waals surface area contributed by atoms with Crippen molar-refractivity contribution < 1.29 is 45.5 Å². The zero-order valence-corrected chi connectivity index (χ0v) is 22.2. The van der Waals surface area contributed by atoms with Gasteiger partial charge in [-0.3, -0.25) is 24.1 Å². The molecule has 0 radical (unpaired) electrons. The first-order chi connectivity index (χ1) is 20.1. The van der Waals surface area contributed by atoms with E-state index in [0.29, 0.717) is 22.6 Å². The molecule has 0 unspecified atom stereocenters. The molecule has 0 atom stereocenters. The van der Waals surface area contributed by atoms with Crippen molar-refractivity contribution in [3.8, 4) is 0 Å². The lowest BCUT2D eigenvalue weighted by Crippen LogP contribution is -2.54. The average Bonchev–Trinajstić information content (AvgIpc) is 2.94. The summed E-state index contributed by atoms with van der Waals surface area (Å²) < 4.78 is 87.0. The van der Waals surface area contributed by atoms with Crippen molar-refractivity contribution in [1.29, 1.82) is 0 Å². The number of carbonyl (C=O) groups excluding carboxylic acids is 4. The number of aryl methyl sites for hydroxylation is 1. The Balaban J connectivity index is 0.00000384. The highest BCUT2D eigenvalue weighted by Crippen LogP contribution is 2.56. The maximum atomic E-state index is 14.5. The van der Waals surface area contributed by atoms with Gasteiger partial charge in [-0.1, -0.05) is 49.4 Å². The summed E-state index contributed by atoms with van der Waals surface area (Å²) >= 11 is 0. The van der Waals surface area contributed by atoms with Gasteiger partial charge in [0.2, 0.25) is 5.41 Å². The fraction of sp³-hybridized carbons (Fsp3) is 0.188. The van der Waals surface area contributed by atoms with E-state index in [2.05, 4.69) is 0 Å². The van der Waals surface area contributed by atoms with Crippen LogP contribution >= 0.6 is 0 Å². The molecule has 4 amide bonds. The molecule has 4 aromatic rings. The van der Waals surface area contributed by atoms with Crippen LogP contribution in [0.25, 0.3) is 10.8 Å². The standard InChI is InChI=1S/C31H18F6N2O4.CH4/c1-15-3-5-16(6-4-15)29(30(32,33)34,31(35,36)37)17-7-9-18(10-8-17)39-27(42)21-13-11-19-23-20(26(41)38(2)25(19)40)12-14-22(24(21)23)28(39)43;/h3-14H,1-2H3;1H4. The predicted octanol–water partition coefficient (Wildman–Crippen LogP) is 7.22. The topological polar surface area (TPSA) is 74.8 Å². The Morgan fingerprint density at radius 3 is 1.23 bits per heavy atom. The lowest BCUT2D eigenvalue weighted by atomic mass is 9.72. The molecule has 0 bridgehead atoms.